The Bertz CT molecular complexity index is 1860. The second-order valence-electron chi connectivity index (χ2n) is 17.9. The monoisotopic (exact) mass is 855 g/mol. The number of aryl methyl sites for hydroxylation is 3. The van der Waals surface area contributed by atoms with E-state index in [0.717, 1.165) is 77.0 Å². The summed E-state index contributed by atoms with van der Waals surface area (Å²) >= 11 is 0. The zero-order chi connectivity index (χ0) is 45.1. The van der Waals surface area contributed by atoms with Gasteiger partial charge in [0.15, 0.2) is 0 Å². The van der Waals surface area contributed by atoms with Crippen LogP contribution in [0.25, 0.3) is 22.3 Å². The molecule has 0 unspecified atom stereocenters. The number of halogens is 1. The van der Waals surface area contributed by atoms with Crippen molar-refractivity contribution in [2.75, 3.05) is 33.0 Å². The molecule has 1 aliphatic rings. The Labute approximate surface area is 372 Å². The molecule has 0 heterocycles. The van der Waals surface area contributed by atoms with Gasteiger partial charge in [-0.25, -0.2) is 14.0 Å². The minimum absolute atomic E-state index is 0.141. The van der Waals surface area contributed by atoms with E-state index in [4.69, 9.17) is 14.2 Å². The van der Waals surface area contributed by atoms with Gasteiger partial charge in [-0.3, -0.25) is 0 Å². The molecule has 0 aromatic heterocycles. The number of hydrogen-bond acceptors (Lipinski definition) is 7. The van der Waals surface area contributed by atoms with E-state index in [0.29, 0.717) is 66.9 Å². The third kappa shape index (κ3) is 14.7. The first kappa shape index (κ1) is 50.4. The van der Waals surface area contributed by atoms with Crippen molar-refractivity contribution in [1.82, 2.24) is 0 Å². The highest BCUT2D eigenvalue weighted by Gasteiger charge is 2.29. The maximum atomic E-state index is 16.0. The van der Waals surface area contributed by atoms with Crippen LogP contribution in [0.5, 0.6) is 5.75 Å². The van der Waals surface area contributed by atoms with E-state index in [2.05, 4.69) is 64.3 Å². The number of carbonyl (C=O) groups excluding carboxylic acids is 2. The summed E-state index contributed by atoms with van der Waals surface area (Å²) in [6.07, 6.45) is 15.8. The number of rotatable bonds is 27. The standard InChI is InChI=1S/C54H75FO7/c1-8-11-13-16-40-19-21-42(22-20-40)43-23-26-49(50(55)35-43)44-24-25-48(41(10-3)32-44)47-33-45(17-14-29-61-52(58)38(4)5)51(46(34-47)18-15-30-62-53(59)39(6)7)60-31-28-54(36-56,37-57)27-12-9-2/h23-26,32-35,40,42,56-57H,4,6,8-22,27-31,36-37H2,1-3,5,7H3. The minimum atomic E-state index is -0.658. The molecule has 1 aliphatic carbocycles. The lowest BCUT2D eigenvalue weighted by Crippen LogP contribution is -2.32. The molecule has 0 radical (unpaired) electrons. The molecule has 1 saturated carbocycles. The van der Waals surface area contributed by atoms with Crippen LogP contribution >= 0.6 is 0 Å². The molecule has 4 rings (SSSR count). The lowest BCUT2D eigenvalue weighted by atomic mass is 9.77. The average Bonchev–Trinajstić information content (AvgIpc) is 3.28. The summed E-state index contributed by atoms with van der Waals surface area (Å²) in [5.41, 5.74) is 7.51. The van der Waals surface area contributed by atoms with Crippen LogP contribution in [-0.4, -0.2) is 55.2 Å². The normalized spacial score (nSPS) is 15.3. The van der Waals surface area contributed by atoms with E-state index in [1.807, 2.05) is 12.1 Å². The molecule has 62 heavy (non-hydrogen) atoms. The van der Waals surface area contributed by atoms with Gasteiger partial charge < -0.3 is 24.4 Å². The Hall–Kier alpha value is -4.27. The van der Waals surface area contributed by atoms with Gasteiger partial charge in [-0.05, 0) is 153 Å². The minimum Gasteiger partial charge on any atom is -0.493 e. The quantitative estimate of drug-likeness (QED) is 0.0447. The van der Waals surface area contributed by atoms with Crippen molar-refractivity contribution < 1.29 is 38.4 Å². The summed E-state index contributed by atoms with van der Waals surface area (Å²) in [6, 6.07) is 16.3. The molecule has 3 aromatic rings. The molecule has 0 bridgehead atoms. The molecule has 0 amide bonds. The zero-order valence-electron chi connectivity index (χ0n) is 38.6. The number of unbranched alkanes of at least 4 members (excludes halogenated alkanes) is 3. The van der Waals surface area contributed by atoms with E-state index in [1.165, 1.54) is 38.5 Å². The average molecular weight is 855 g/mol. The predicted molar refractivity (Wildman–Crippen MR) is 250 cm³/mol. The predicted octanol–water partition coefficient (Wildman–Crippen LogP) is 12.6. The molecule has 2 N–H and O–H groups in total. The Kier molecular flexibility index (Phi) is 20.9. The van der Waals surface area contributed by atoms with Gasteiger partial charge in [-0.15, -0.1) is 0 Å². The molecule has 1 fully saturated rings. The molecule has 8 heteroatoms. The van der Waals surface area contributed by atoms with Gasteiger partial charge in [0.25, 0.3) is 0 Å². The number of aliphatic hydroxyl groups is 2. The fourth-order valence-corrected chi connectivity index (χ4v) is 8.80. The summed E-state index contributed by atoms with van der Waals surface area (Å²) in [6.45, 7) is 17.5. The molecular formula is C54H75FO7. The molecule has 340 valence electrons. The van der Waals surface area contributed by atoms with Crippen LogP contribution in [0, 0.1) is 17.2 Å². The first-order valence-electron chi connectivity index (χ1n) is 23.5. The number of hydrogen-bond donors (Lipinski definition) is 2. The van der Waals surface area contributed by atoms with Gasteiger partial charge in [0.1, 0.15) is 11.6 Å². The number of benzene rings is 3. The number of carbonyl (C=O) groups is 2. The maximum Gasteiger partial charge on any atom is 0.333 e. The molecule has 3 aromatic carbocycles. The fraction of sp³-hybridized carbons (Fsp3) is 0.556. The second kappa shape index (κ2) is 25.7. The van der Waals surface area contributed by atoms with Crippen molar-refractivity contribution in [3.63, 3.8) is 0 Å². The van der Waals surface area contributed by atoms with Crippen molar-refractivity contribution in [3.8, 4) is 28.0 Å². The Balaban J connectivity index is 1.68. The first-order valence-corrected chi connectivity index (χ1v) is 23.5. The Morgan fingerprint density at radius 3 is 1.81 bits per heavy atom. The van der Waals surface area contributed by atoms with Crippen LogP contribution in [0.1, 0.15) is 153 Å². The Morgan fingerprint density at radius 2 is 1.27 bits per heavy atom. The SMILES string of the molecule is C=C(C)C(=O)OCCCc1cc(-c2ccc(-c3ccc(C4CCC(CCCCC)CC4)cc3F)cc2CC)cc(CCCOC(=O)C(=C)C)c1OCCC(CO)(CO)CCCC. The molecule has 0 aliphatic heterocycles. The van der Waals surface area contributed by atoms with Gasteiger partial charge in [0.2, 0.25) is 0 Å². The van der Waals surface area contributed by atoms with Crippen molar-refractivity contribution in [2.45, 2.75) is 150 Å². The Morgan fingerprint density at radius 1 is 0.694 bits per heavy atom. The first-order chi connectivity index (χ1) is 29.9. The topological polar surface area (TPSA) is 102 Å². The number of ether oxygens (including phenoxy) is 3. The molecule has 7 nitrogen and oxygen atoms in total. The fourth-order valence-electron chi connectivity index (χ4n) is 8.80. The van der Waals surface area contributed by atoms with Gasteiger partial charge in [0.05, 0.1) is 33.0 Å². The molecule has 0 saturated heterocycles. The van der Waals surface area contributed by atoms with Crippen LogP contribution < -0.4 is 4.74 Å². The van der Waals surface area contributed by atoms with Crippen molar-refractivity contribution >= 4 is 11.9 Å². The van der Waals surface area contributed by atoms with Crippen LogP contribution in [0.2, 0.25) is 0 Å². The number of aliphatic hydroxyl groups excluding tert-OH is 2. The summed E-state index contributed by atoms with van der Waals surface area (Å²) < 4.78 is 33.6. The summed E-state index contributed by atoms with van der Waals surface area (Å²) in [5, 5.41) is 20.7. The van der Waals surface area contributed by atoms with Gasteiger partial charge in [-0.2, -0.15) is 0 Å². The summed E-state index contributed by atoms with van der Waals surface area (Å²) in [7, 11) is 0. The van der Waals surface area contributed by atoms with Crippen molar-refractivity contribution in [3.05, 3.63) is 101 Å². The second-order valence-corrected chi connectivity index (χ2v) is 17.9. The van der Waals surface area contributed by atoms with Crippen LogP contribution in [0.4, 0.5) is 4.39 Å². The smallest absolute Gasteiger partial charge is 0.333 e. The summed E-state index contributed by atoms with van der Waals surface area (Å²) in [5.74, 6) is 0.865. The third-order valence-corrected chi connectivity index (χ3v) is 12.8. The van der Waals surface area contributed by atoms with Gasteiger partial charge in [0, 0.05) is 22.1 Å². The highest BCUT2D eigenvalue weighted by molar-refractivity contribution is 5.87. The molecule has 0 spiro atoms. The largest absolute Gasteiger partial charge is 0.493 e. The van der Waals surface area contributed by atoms with Crippen LogP contribution in [-0.2, 0) is 38.3 Å². The van der Waals surface area contributed by atoms with E-state index in [1.54, 1.807) is 19.9 Å². The third-order valence-electron chi connectivity index (χ3n) is 12.8. The van der Waals surface area contributed by atoms with Crippen LogP contribution in [0.3, 0.4) is 0 Å². The summed E-state index contributed by atoms with van der Waals surface area (Å²) in [4.78, 5) is 24.4. The van der Waals surface area contributed by atoms with Crippen molar-refractivity contribution in [2.24, 2.45) is 11.3 Å². The van der Waals surface area contributed by atoms with Crippen LogP contribution in [0.15, 0.2) is 72.8 Å². The van der Waals surface area contributed by atoms with E-state index < -0.39 is 17.4 Å². The van der Waals surface area contributed by atoms with E-state index in [9.17, 15) is 19.8 Å². The molecule has 0 atom stereocenters. The van der Waals surface area contributed by atoms with E-state index in [-0.39, 0.29) is 38.9 Å². The van der Waals surface area contributed by atoms with Gasteiger partial charge >= 0.3 is 11.9 Å². The maximum absolute atomic E-state index is 16.0. The lowest BCUT2D eigenvalue weighted by molar-refractivity contribution is -0.139. The number of esters is 2. The van der Waals surface area contributed by atoms with Crippen molar-refractivity contribution in [1.29, 1.82) is 0 Å². The van der Waals surface area contributed by atoms with E-state index >= 15 is 4.39 Å². The lowest BCUT2D eigenvalue weighted by Gasteiger charge is -2.30. The highest BCUT2D eigenvalue weighted by Crippen LogP contribution is 2.41. The molecular weight excluding hydrogens is 780 g/mol. The zero-order valence-corrected chi connectivity index (χ0v) is 38.6. The highest BCUT2D eigenvalue weighted by atomic mass is 19.1. The van der Waals surface area contributed by atoms with Gasteiger partial charge in [-0.1, -0.05) is 103 Å².